The van der Waals surface area contributed by atoms with E-state index < -0.39 is 22.9 Å². The number of anilines is 2. The topological polar surface area (TPSA) is 175 Å². The van der Waals surface area contributed by atoms with Crippen LogP contribution < -0.4 is 16.6 Å². The van der Waals surface area contributed by atoms with Gasteiger partial charge in [-0.3, -0.25) is 19.1 Å². The number of piperidine rings is 1. The molecule has 4 aromatic heterocycles. The van der Waals surface area contributed by atoms with E-state index in [0.717, 1.165) is 5.69 Å². The predicted molar refractivity (Wildman–Crippen MR) is 173 cm³/mol. The second kappa shape index (κ2) is 12.0. The summed E-state index contributed by atoms with van der Waals surface area (Å²) >= 11 is 0. The van der Waals surface area contributed by atoms with E-state index in [-0.39, 0.29) is 41.1 Å². The number of fused-ring (bicyclic) bond motifs is 2. The molecule has 1 saturated heterocycles. The normalized spacial score (nSPS) is 15.5. The van der Waals surface area contributed by atoms with Gasteiger partial charge in [-0.25, -0.2) is 18.9 Å². The highest BCUT2D eigenvalue weighted by molar-refractivity contribution is 6.05. The molecule has 0 unspecified atom stereocenters. The van der Waals surface area contributed by atoms with Gasteiger partial charge in [0.1, 0.15) is 28.8 Å². The van der Waals surface area contributed by atoms with Crippen LogP contribution in [-0.2, 0) is 22.7 Å². The number of rotatable bonds is 6. The van der Waals surface area contributed by atoms with Crippen LogP contribution in [0.4, 0.5) is 15.9 Å². The highest BCUT2D eigenvalue weighted by Gasteiger charge is 2.34. The molecule has 48 heavy (non-hydrogen) atoms. The van der Waals surface area contributed by atoms with Crippen molar-refractivity contribution in [2.24, 2.45) is 0 Å². The van der Waals surface area contributed by atoms with Gasteiger partial charge in [-0.2, -0.15) is 9.78 Å². The zero-order valence-electron chi connectivity index (χ0n) is 26.4. The van der Waals surface area contributed by atoms with Crippen molar-refractivity contribution < 1.29 is 23.8 Å². The number of likely N-dealkylation sites (tertiary alicyclic amines) is 1. The Morgan fingerprint density at radius 2 is 1.88 bits per heavy atom. The maximum atomic E-state index is 15.9. The zero-order valence-corrected chi connectivity index (χ0v) is 26.4. The van der Waals surface area contributed by atoms with Crippen molar-refractivity contribution in [1.82, 2.24) is 33.8 Å². The first-order chi connectivity index (χ1) is 23.0. The zero-order chi connectivity index (χ0) is 33.7. The van der Waals surface area contributed by atoms with Gasteiger partial charge in [-0.05, 0) is 63.1 Å². The number of carbonyl (C=O) groups is 2. The van der Waals surface area contributed by atoms with E-state index in [1.807, 2.05) is 6.07 Å². The Morgan fingerprint density at radius 1 is 1.08 bits per heavy atom. The second-order valence-corrected chi connectivity index (χ2v) is 12.5. The lowest BCUT2D eigenvalue weighted by molar-refractivity contribution is -0.148. The van der Waals surface area contributed by atoms with Gasteiger partial charge in [0.15, 0.2) is 11.6 Å². The van der Waals surface area contributed by atoms with E-state index >= 15 is 4.39 Å². The molecule has 2 amide bonds. The Kier molecular flexibility index (Phi) is 7.80. The Bertz CT molecular complexity index is 2110. The second-order valence-electron chi connectivity index (χ2n) is 12.5. The third kappa shape index (κ3) is 5.40. The molecule has 248 valence electrons. The van der Waals surface area contributed by atoms with Crippen LogP contribution in [-0.4, -0.2) is 76.1 Å². The lowest BCUT2D eigenvalue weighted by atomic mass is 9.92. The first-order valence-corrected chi connectivity index (χ1v) is 15.6. The summed E-state index contributed by atoms with van der Waals surface area (Å²) in [6.45, 7) is 4.63. The molecule has 14 nitrogen and oxygen atoms in total. The Morgan fingerprint density at radius 3 is 2.58 bits per heavy atom. The number of nitrogen functional groups attached to an aromatic ring is 1. The molecule has 1 aromatic carbocycles. The lowest BCUT2D eigenvalue weighted by Gasteiger charge is -2.35. The summed E-state index contributed by atoms with van der Waals surface area (Å²) in [7, 11) is 0. The number of pyridine rings is 1. The van der Waals surface area contributed by atoms with Gasteiger partial charge in [0.05, 0.1) is 25.5 Å². The van der Waals surface area contributed by atoms with Crippen LogP contribution in [0.2, 0.25) is 0 Å². The SMILES string of the molecule is CC(C)(O)C(=O)N1CCC(c2cc(-c3ccc(NC(=O)c4c5n(n(-c6ccccn6)c4=O)CCOC5)cc3F)c3c(N)ncnn23)CC1. The van der Waals surface area contributed by atoms with Crippen molar-refractivity contribution in [3.63, 3.8) is 0 Å². The van der Waals surface area contributed by atoms with Gasteiger partial charge in [0, 0.05) is 47.7 Å². The van der Waals surface area contributed by atoms with Crippen molar-refractivity contribution >= 4 is 28.8 Å². The molecule has 2 aliphatic rings. The standard InChI is InChI=1S/C33H34FN9O5/c1-33(2,47)32(46)40-11-8-19(9-12-40)24-16-22(28-29(35)37-18-38-42(24)28)21-7-6-20(15-23(21)34)39-30(44)27-25-17-48-14-13-41(25)43(31(27)45)26-5-3-4-10-36-26/h3-7,10,15-16,18-19,47H,8-9,11-14,17H2,1-2H3,(H,39,44)(H2,35,37,38). The van der Waals surface area contributed by atoms with Crippen molar-refractivity contribution in [2.45, 2.75) is 51.4 Å². The van der Waals surface area contributed by atoms with Crippen molar-refractivity contribution in [2.75, 3.05) is 30.7 Å². The molecule has 0 spiro atoms. The van der Waals surface area contributed by atoms with Gasteiger partial charge in [0.2, 0.25) is 0 Å². The monoisotopic (exact) mass is 655 g/mol. The summed E-state index contributed by atoms with van der Waals surface area (Å²) in [6, 6.07) is 11.3. The number of hydrogen-bond acceptors (Lipinski definition) is 9. The number of amides is 2. The molecule has 0 aliphatic carbocycles. The summed E-state index contributed by atoms with van der Waals surface area (Å²) in [4.78, 5) is 49.7. The first-order valence-electron chi connectivity index (χ1n) is 15.6. The highest BCUT2D eigenvalue weighted by atomic mass is 19.1. The molecular weight excluding hydrogens is 621 g/mol. The summed E-state index contributed by atoms with van der Waals surface area (Å²) in [5, 5.41) is 17.3. The van der Waals surface area contributed by atoms with E-state index in [9.17, 15) is 19.5 Å². The number of hydrogen-bond donors (Lipinski definition) is 3. The molecule has 6 heterocycles. The number of benzene rings is 1. The summed E-state index contributed by atoms with van der Waals surface area (Å²) < 4.78 is 26.2. The van der Waals surface area contributed by atoms with E-state index in [1.54, 1.807) is 44.6 Å². The van der Waals surface area contributed by atoms with Gasteiger partial charge in [-0.1, -0.05) is 6.07 Å². The molecule has 0 saturated carbocycles. The van der Waals surface area contributed by atoms with Crippen LogP contribution in [0.15, 0.2) is 59.8 Å². The lowest BCUT2D eigenvalue weighted by Crippen LogP contribution is -2.48. The number of carbonyl (C=O) groups excluding carboxylic acids is 2. The van der Waals surface area contributed by atoms with Gasteiger partial charge in [-0.15, -0.1) is 0 Å². The van der Waals surface area contributed by atoms with Gasteiger partial charge >= 0.3 is 0 Å². The number of ether oxygens (including phenoxy) is 1. The van der Waals surface area contributed by atoms with Crippen LogP contribution >= 0.6 is 0 Å². The van der Waals surface area contributed by atoms with Crippen molar-refractivity contribution in [3.05, 3.63) is 88.1 Å². The van der Waals surface area contributed by atoms with Crippen LogP contribution in [0.5, 0.6) is 0 Å². The molecule has 15 heteroatoms. The van der Waals surface area contributed by atoms with Crippen molar-refractivity contribution in [1.29, 1.82) is 0 Å². The Labute approximate surface area is 273 Å². The number of halogens is 1. The third-order valence-corrected chi connectivity index (χ3v) is 8.88. The average molecular weight is 656 g/mol. The molecule has 0 radical (unpaired) electrons. The summed E-state index contributed by atoms with van der Waals surface area (Å²) in [6.07, 6.45) is 4.13. The number of nitrogens with two attached hydrogens (primary N) is 1. The third-order valence-electron chi connectivity index (χ3n) is 8.88. The van der Waals surface area contributed by atoms with E-state index in [1.165, 1.54) is 37.0 Å². The molecule has 0 bridgehead atoms. The van der Waals surface area contributed by atoms with E-state index in [4.69, 9.17) is 10.5 Å². The molecule has 0 atom stereocenters. The minimum absolute atomic E-state index is 0.0134. The van der Waals surface area contributed by atoms with E-state index in [0.29, 0.717) is 61.7 Å². The van der Waals surface area contributed by atoms with Gasteiger partial charge in [0.25, 0.3) is 17.4 Å². The molecule has 4 N–H and O–H groups in total. The maximum Gasteiger partial charge on any atom is 0.286 e. The van der Waals surface area contributed by atoms with Gasteiger partial charge < -0.3 is 25.8 Å². The minimum Gasteiger partial charge on any atom is -0.382 e. The molecule has 7 rings (SSSR count). The first kappa shape index (κ1) is 31.2. The summed E-state index contributed by atoms with van der Waals surface area (Å²) in [5.74, 6) is -1.13. The molecule has 5 aromatic rings. The number of aromatic nitrogens is 6. The maximum absolute atomic E-state index is 15.9. The predicted octanol–water partition coefficient (Wildman–Crippen LogP) is 2.72. The van der Waals surface area contributed by atoms with Crippen LogP contribution in [0.1, 0.15) is 54.4 Å². The number of nitrogens with one attached hydrogen (secondary N) is 1. The number of nitrogens with zero attached hydrogens (tertiary/aromatic N) is 7. The quantitative estimate of drug-likeness (QED) is 0.248. The average Bonchev–Trinajstić information content (AvgIpc) is 3.60. The smallest absolute Gasteiger partial charge is 0.286 e. The summed E-state index contributed by atoms with van der Waals surface area (Å²) in [5.41, 5.74) is 6.67. The Balaban J connectivity index is 1.18. The van der Waals surface area contributed by atoms with Crippen LogP contribution in [0, 0.1) is 5.82 Å². The molecule has 2 aliphatic heterocycles. The minimum atomic E-state index is -1.46. The fourth-order valence-corrected chi connectivity index (χ4v) is 6.58. The Hall–Kier alpha value is -5.41. The van der Waals surface area contributed by atoms with E-state index in [2.05, 4.69) is 20.4 Å². The van der Waals surface area contributed by atoms with Crippen LogP contribution in [0.25, 0.3) is 22.5 Å². The van der Waals surface area contributed by atoms with Crippen LogP contribution in [0.3, 0.4) is 0 Å². The largest absolute Gasteiger partial charge is 0.382 e. The highest BCUT2D eigenvalue weighted by Crippen LogP contribution is 2.38. The fraction of sp³-hybridized carbons (Fsp3) is 0.333. The van der Waals surface area contributed by atoms with Crippen molar-refractivity contribution in [3.8, 4) is 16.9 Å². The fourth-order valence-electron chi connectivity index (χ4n) is 6.58. The number of aliphatic hydroxyl groups is 1. The molecular formula is C33H34FN9O5. The molecule has 1 fully saturated rings.